The minimum absolute atomic E-state index is 0.118. The standard InChI is InChI=1S/C19H23N5O/c1-3-14-4-6-16(7-5-14)17-12-18(23-22-17)19(25)24-21-13(2)15-8-10-20-11-9-15/h4-11,17-18,22-23H,3,12H2,1-2H3,(H,24,25)/b21-13+. The Morgan fingerprint density at radius 1 is 1.20 bits per heavy atom. The number of nitrogens with zero attached hydrogens (tertiary/aromatic N) is 2. The third kappa shape index (κ3) is 4.29. The van der Waals surface area contributed by atoms with Gasteiger partial charge < -0.3 is 0 Å². The molecule has 0 bridgehead atoms. The van der Waals surface area contributed by atoms with Gasteiger partial charge in [-0.05, 0) is 43.0 Å². The first kappa shape index (κ1) is 17.3. The number of aryl methyl sites for hydroxylation is 1. The first-order valence-corrected chi connectivity index (χ1v) is 8.51. The molecule has 0 aliphatic carbocycles. The fourth-order valence-electron chi connectivity index (χ4n) is 2.81. The summed E-state index contributed by atoms with van der Waals surface area (Å²) in [5, 5.41) is 4.18. The van der Waals surface area contributed by atoms with Crippen LogP contribution in [-0.2, 0) is 11.2 Å². The lowest BCUT2D eigenvalue weighted by atomic mass is 10.00. The summed E-state index contributed by atoms with van der Waals surface area (Å²) in [4.78, 5) is 16.3. The second-order valence-electron chi connectivity index (χ2n) is 6.13. The van der Waals surface area contributed by atoms with E-state index in [1.807, 2.05) is 19.1 Å². The molecule has 1 amide bonds. The highest BCUT2D eigenvalue weighted by Gasteiger charge is 2.30. The lowest BCUT2D eigenvalue weighted by Gasteiger charge is -2.10. The lowest BCUT2D eigenvalue weighted by Crippen LogP contribution is -2.41. The minimum Gasteiger partial charge on any atom is -0.271 e. The van der Waals surface area contributed by atoms with Gasteiger partial charge in [0.05, 0.1) is 5.71 Å². The van der Waals surface area contributed by atoms with Gasteiger partial charge in [0.25, 0.3) is 5.91 Å². The van der Waals surface area contributed by atoms with Gasteiger partial charge in [-0.3, -0.25) is 9.78 Å². The molecule has 1 fully saturated rings. The van der Waals surface area contributed by atoms with E-state index in [0.717, 1.165) is 17.7 Å². The van der Waals surface area contributed by atoms with Crippen molar-refractivity contribution in [1.82, 2.24) is 21.3 Å². The summed E-state index contributed by atoms with van der Waals surface area (Å²) < 4.78 is 0. The van der Waals surface area contributed by atoms with Crippen LogP contribution in [0.5, 0.6) is 0 Å². The monoisotopic (exact) mass is 337 g/mol. The molecule has 6 nitrogen and oxygen atoms in total. The van der Waals surface area contributed by atoms with Gasteiger partial charge in [0, 0.05) is 24.0 Å². The number of hydrogen-bond donors (Lipinski definition) is 3. The molecule has 25 heavy (non-hydrogen) atoms. The molecule has 1 aliphatic heterocycles. The van der Waals surface area contributed by atoms with Gasteiger partial charge in [-0.2, -0.15) is 5.10 Å². The van der Waals surface area contributed by atoms with Crippen molar-refractivity contribution in [3.05, 3.63) is 65.5 Å². The van der Waals surface area contributed by atoms with E-state index in [4.69, 9.17) is 0 Å². The molecule has 0 radical (unpaired) electrons. The zero-order valence-electron chi connectivity index (χ0n) is 14.5. The van der Waals surface area contributed by atoms with Crippen molar-refractivity contribution in [1.29, 1.82) is 0 Å². The number of rotatable bonds is 5. The summed E-state index contributed by atoms with van der Waals surface area (Å²) in [6.07, 6.45) is 5.11. The minimum atomic E-state index is -0.315. The highest BCUT2D eigenvalue weighted by atomic mass is 16.2. The topological polar surface area (TPSA) is 78.4 Å². The quantitative estimate of drug-likeness (QED) is 0.577. The number of carbonyl (C=O) groups excluding carboxylic acids is 1. The molecule has 1 aliphatic rings. The zero-order valence-corrected chi connectivity index (χ0v) is 14.5. The molecule has 1 aromatic carbocycles. The van der Waals surface area contributed by atoms with Gasteiger partial charge in [0.15, 0.2) is 0 Å². The van der Waals surface area contributed by atoms with Crippen molar-refractivity contribution in [2.75, 3.05) is 0 Å². The second kappa shape index (κ2) is 8.00. The summed E-state index contributed by atoms with van der Waals surface area (Å²) in [6, 6.07) is 12.0. The van der Waals surface area contributed by atoms with E-state index in [0.29, 0.717) is 6.42 Å². The van der Waals surface area contributed by atoms with E-state index in [1.54, 1.807) is 12.4 Å². The molecule has 130 valence electrons. The number of pyridine rings is 1. The van der Waals surface area contributed by atoms with Crippen molar-refractivity contribution in [3.8, 4) is 0 Å². The Morgan fingerprint density at radius 3 is 2.60 bits per heavy atom. The number of nitrogens with one attached hydrogen (secondary N) is 3. The Morgan fingerprint density at radius 2 is 1.92 bits per heavy atom. The third-order valence-electron chi connectivity index (χ3n) is 4.44. The molecule has 0 saturated carbocycles. The van der Waals surface area contributed by atoms with Crippen molar-refractivity contribution in [2.24, 2.45) is 5.10 Å². The maximum absolute atomic E-state index is 12.3. The largest absolute Gasteiger partial charge is 0.271 e. The van der Waals surface area contributed by atoms with Gasteiger partial charge in [-0.1, -0.05) is 31.2 Å². The smallest absolute Gasteiger partial charge is 0.258 e. The predicted octanol–water partition coefficient (Wildman–Crippen LogP) is 2.09. The Bertz CT molecular complexity index is 742. The molecular formula is C19H23N5O. The molecular weight excluding hydrogens is 314 g/mol. The molecule has 6 heteroatoms. The van der Waals surface area contributed by atoms with Crippen molar-refractivity contribution >= 4 is 11.6 Å². The number of aromatic nitrogens is 1. The van der Waals surface area contributed by atoms with Gasteiger partial charge in [0.2, 0.25) is 0 Å². The molecule has 1 aromatic heterocycles. The van der Waals surface area contributed by atoms with Crippen LogP contribution in [0.15, 0.2) is 53.9 Å². The highest BCUT2D eigenvalue weighted by Crippen LogP contribution is 2.22. The molecule has 2 unspecified atom stereocenters. The van der Waals surface area contributed by atoms with Crippen LogP contribution in [0.3, 0.4) is 0 Å². The molecule has 2 heterocycles. The normalized spacial score (nSPS) is 20.5. The number of hydrazine groups is 1. The van der Waals surface area contributed by atoms with Crippen molar-refractivity contribution in [2.45, 2.75) is 38.8 Å². The highest BCUT2D eigenvalue weighted by molar-refractivity contribution is 5.99. The van der Waals surface area contributed by atoms with E-state index in [9.17, 15) is 4.79 Å². The van der Waals surface area contributed by atoms with Gasteiger partial charge in [0.1, 0.15) is 6.04 Å². The van der Waals surface area contributed by atoms with Crippen LogP contribution in [0.1, 0.15) is 43.0 Å². The van der Waals surface area contributed by atoms with Gasteiger partial charge >= 0.3 is 0 Å². The van der Waals surface area contributed by atoms with E-state index < -0.39 is 0 Å². The van der Waals surface area contributed by atoms with E-state index >= 15 is 0 Å². The van der Waals surface area contributed by atoms with E-state index in [1.165, 1.54) is 11.1 Å². The van der Waals surface area contributed by atoms with Gasteiger partial charge in [-0.25, -0.2) is 16.3 Å². The van der Waals surface area contributed by atoms with Crippen molar-refractivity contribution < 1.29 is 4.79 Å². The Hall–Kier alpha value is -2.57. The summed E-state index contributed by atoms with van der Waals surface area (Å²) in [7, 11) is 0. The summed E-state index contributed by atoms with van der Waals surface area (Å²) in [5.41, 5.74) is 13.1. The molecule has 1 saturated heterocycles. The SMILES string of the molecule is CCc1ccc(C2CC(C(=O)N/N=C(\C)c3ccncc3)NN2)cc1. The van der Waals surface area contributed by atoms with Crippen LogP contribution in [0.2, 0.25) is 0 Å². The van der Waals surface area contributed by atoms with E-state index in [2.05, 4.69) is 57.6 Å². The Balaban J connectivity index is 1.57. The van der Waals surface area contributed by atoms with Crippen LogP contribution < -0.4 is 16.3 Å². The van der Waals surface area contributed by atoms with Crippen LogP contribution in [0, 0.1) is 0 Å². The lowest BCUT2D eigenvalue weighted by molar-refractivity contribution is -0.122. The van der Waals surface area contributed by atoms with Crippen LogP contribution in [-0.4, -0.2) is 22.6 Å². The molecule has 3 rings (SSSR count). The van der Waals surface area contributed by atoms with Crippen molar-refractivity contribution in [3.63, 3.8) is 0 Å². The van der Waals surface area contributed by atoms with E-state index in [-0.39, 0.29) is 18.0 Å². The van der Waals surface area contributed by atoms with Crippen LogP contribution >= 0.6 is 0 Å². The Kier molecular flexibility index (Phi) is 5.53. The number of amides is 1. The first-order valence-electron chi connectivity index (χ1n) is 8.51. The number of carbonyl (C=O) groups is 1. The zero-order chi connectivity index (χ0) is 17.6. The number of hydrogen-bond acceptors (Lipinski definition) is 5. The number of hydrazone groups is 1. The molecule has 2 aromatic rings. The Labute approximate surface area is 147 Å². The molecule has 2 atom stereocenters. The summed E-state index contributed by atoms with van der Waals surface area (Å²) in [6.45, 7) is 3.99. The average Bonchev–Trinajstić information content (AvgIpc) is 3.17. The number of benzene rings is 1. The van der Waals surface area contributed by atoms with Gasteiger partial charge in [-0.15, -0.1) is 0 Å². The maximum atomic E-state index is 12.3. The van der Waals surface area contributed by atoms with Crippen LogP contribution in [0.25, 0.3) is 0 Å². The fraction of sp³-hybridized carbons (Fsp3) is 0.316. The second-order valence-corrected chi connectivity index (χ2v) is 6.13. The average molecular weight is 337 g/mol. The fourth-order valence-corrected chi connectivity index (χ4v) is 2.81. The first-order chi connectivity index (χ1) is 12.2. The van der Waals surface area contributed by atoms with Crippen LogP contribution in [0.4, 0.5) is 0 Å². The predicted molar refractivity (Wildman–Crippen MR) is 97.8 cm³/mol. The summed E-state index contributed by atoms with van der Waals surface area (Å²) >= 11 is 0. The molecule has 3 N–H and O–H groups in total. The third-order valence-corrected chi connectivity index (χ3v) is 4.44. The molecule has 0 spiro atoms. The summed E-state index contributed by atoms with van der Waals surface area (Å²) in [5.74, 6) is -0.145. The maximum Gasteiger partial charge on any atom is 0.258 e.